The molecule has 0 atom stereocenters. The molecule has 3 nitrogen and oxygen atoms in total. The van der Waals surface area contributed by atoms with E-state index >= 15 is 0 Å². The van der Waals surface area contributed by atoms with Gasteiger partial charge >= 0.3 is 0 Å². The van der Waals surface area contributed by atoms with E-state index in [9.17, 15) is 0 Å². The molecule has 3 aromatic rings. The van der Waals surface area contributed by atoms with Crippen molar-refractivity contribution in [3.8, 4) is 17.2 Å². The summed E-state index contributed by atoms with van der Waals surface area (Å²) < 4.78 is 10.9. The molecule has 0 aliphatic carbocycles. The van der Waals surface area contributed by atoms with Crippen LogP contribution >= 0.6 is 0 Å². The van der Waals surface area contributed by atoms with Crippen LogP contribution in [-0.2, 0) is 0 Å². The second kappa shape index (κ2) is 4.98. The number of benzene rings is 2. The van der Waals surface area contributed by atoms with E-state index in [-0.39, 0.29) is 0 Å². The van der Waals surface area contributed by atoms with E-state index in [2.05, 4.69) is 4.98 Å². The quantitative estimate of drug-likeness (QED) is 0.704. The molecule has 0 unspecified atom stereocenters. The maximum atomic E-state index is 5.80. The number of hydrogen-bond acceptors (Lipinski definition) is 3. The number of nitrogens with zero attached hydrogens (tertiary/aromatic N) is 1. The lowest BCUT2D eigenvalue weighted by Crippen LogP contribution is -1.86. The second-order valence-electron chi connectivity index (χ2n) is 4.16. The molecule has 0 aliphatic rings. The molecule has 0 bridgehead atoms. The molecule has 0 spiro atoms. The van der Waals surface area contributed by atoms with Gasteiger partial charge in [-0.2, -0.15) is 0 Å². The molecule has 0 N–H and O–H groups in total. The molecule has 0 saturated carbocycles. The second-order valence-corrected chi connectivity index (χ2v) is 4.16. The summed E-state index contributed by atoms with van der Waals surface area (Å²) in [5, 5.41) is 2.21. The summed E-state index contributed by atoms with van der Waals surface area (Å²) >= 11 is 0. The summed E-state index contributed by atoms with van der Waals surface area (Å²) in [4.78, 5) is 4.11. The highest BCUT2D eigenvalue weighted by atomic mass is 16.5. The van der Waals surface area contributed by atoms with E-state index < -0.39 is 0 Å². The normalized spacial score (nSPS) is 10.4. The van der Waals surface area contributed by atoms with Crippen LogP contribution in [0.5, 0.6) is 17.2 Å². The molecular weight excluding hydrogens is 238 g/mol. The van der Waals surface area contributed by atoms with Crippen molar-refractivity contribution in [1.29, 1.82) is 0 Å². The summed E-state index contributed by atoms with van der Waals surface area (Å²) in [5.41, 5.74) is 0. The fraction of sp³-hybridized carbons (Fsp3) is 0.0625. The summed E-state index contributed by atoms with van der Waals surface area (Å²) in [5.74, 6) is 2.39. The van der Waals surface area contributed by atoms with Crippen molar-refractivity contribution in [2.24, 2.45) is 0 Å². The maximum absolute atomic E-state index is 5.80. The van der Waals surface area contributed by atoms with Crippen molar-refractivity contribution in [1.82, 2.24) is 4.98 Å². The number of methoxy groups -OCH3 is 1. The molecule has 3 heteroatoms. The average Bonchev–Trinajstić information content (AvgIpc) is 2.48. The molecule has 0 radical (unpaired) electrons. The molecule has 19 heavy (non-hydrogen) atoms. The van der Waals surface area contributed by atoms with E-state index in [1.54, 1.807) is 13.3 Å². The number of rotatable bonds is 3. The topological polar surface area (TPSA) is 31.4 Å². The lowest BCUT2D eigenvalue weighted by atomic mass is 10.2. The smallest absolute Gasteiger partial charge is 0.128 e. The van der Waals surface area contributed by atoms with Crippen LogP contribution in [-0.4, -0.2) is 12.1 Å². The van der Waals surface area contributed by atoms with Gasteiger partial charge in [-0.1, -0.05) is 6.07 Å². The fourth-order valence-electron chi connectivity index (χ4n) is 1.91. The van der Waals surface area contributed by atoms with Gasteiger partial charge in [-0.05, 0) is 47.9 Å². The number of fused-ring (bicyclic) bond motifs is 1. The van der Waals surface area contributed by atoms with Gasteiger partial charge in [-0.3, -0.25) is 4.98 Å². The Hall–Kier alpha value is -2.55. The number of ether oxygens (including phenoxy) is 2. The Labute approximate surface area is 111 Å². The van der Waals surface area contributed by atoms with Crippen LogP contribution in [0.2, 0.25) is 0 Å². The predicted molar refractivity (Wildman–Crippen MR) is 74.8 cm³/mol. The van der Waals surface area contributed by atoms with Gasteiger partial charge in [-0.25, -0.2) is 0 Å². The highest BCUT2D eigenvalue weighted by Crippen LogP contribution is 2.26. The molecule has 0 saturated heterocycles. The Bertz CT molecular complexity index is 692. The molecule has 3 rings (SSSR count). The van der Waals surface area contributed by atoms with Crippen LogP contribution in [0.1, 0.15) is 0 Å². The molecular formula is C16H13NO2. The van der Waals surface area contributed by atoms with Crippen molar-refractivity contribution in [3.05, 3.63) is 60.9 Å². The van der Waals surface area contributed by atoms with Gasteiger partial charge in [-0.15, -0.1) is 0 Å². The van der Waals surface area contributed by atoms with Gasteiger partial charge in [0.25, 0.3) is 0 Å². The lowest BCUT2D eigenvalue weighted by molar-refractivity contribution is 0.413. The molecule has 1 heterocycles. The maximum Gasteiger partial charge on any atom is 0.128 e. The Kier molecular flexibility index (Phi) is 3.02. The molecule has 0 amide bonds. The van der Waals surface area contributed by atoms with Crippen molar-refractivity contribution in [2.45, 2.75) is 0 Å². The molecule has 2 aromatic carbocycles. The van der Waals surface area contributed by atoms with Crippen LogP contribution in [0.25, 0.3) is 10.8 Å². The van der Waals surface area contributed by atoms with Crippen LogP contribution in [0.15, 0.2) is 60.9 Å². The van der Waals surface area contributed by atoms with Gasteiger partial charge in [0.15, 0.2) is 0 Å². The van der Waals surface area contributed by atoms with Crippen LogP contribution in [0.4, 0.5) is 0 Å². The summed E-state index contributed by atoms with van der Waals surface area (Å²) in [6.45, 7) is 0. The average molecular weight is 251 g/mol. The van der Waals surface area contributed by atoms with E-state index in [1.807, 2.05) is 54.7 Å². The zero-order valence-corrected chi connectivity index (χ0v) is 10.5. The summed E-state index contributed by atoms with van der Waals surface area (Å²) in [7, 11) is 1.65. The van der Waals surface area contributed by atoms with Crippen molar-refractivity contribution < 1.29 is 9.47 Å². The first-order chi connectivity index (χ1) is 9.35. The zero-order chi connectivity index (χ0) is 13.1. The van der Waals surface area contributed by atoms with Gasteiger partial charge in [0.1, 0.15) is 17.2 Å². The first-order valence-electron chi connectivity index (χ1n) is 6.01. The van der Waals surface area contributed by atoms with E-state index in [1.165, 1.54) is 0 Å². The third-order valence-corrected chi connectivity index (χ3v) is 2.91. The Morgan fingerprint density at radius 2 is 1.53 bits per heavy atom. The van der Waals surface area contributed by atoms with Crippen molar-refractivity contribution in [3.63, 3.8) is 0 Å². The molecule has 0 fully saturated rings. The molecule has 1 aromatic heterocycles. The third-order valence-electron chi connectivity index (χ3n) is 2.91. The van der Waals surface area contributed by atoms with Crippen molar-refractivity contribution >= 4 is 10.8 Å². The largest absolute Gasteiger partial charge is 0.497 e. The summed E-state index contributed by atoms with van der Waals surface area (Å²) in [6.07, 6.45) is 3.61. The van der Waals surface area contributed by atoms with E-state index in [0.29, 0.717) is 0 Å². The predicted octanol–water partition coefficient (Wildman–Crippen LogP) is 4.04. The first-order valence-corrected chi connectivity index (χ1v) is 6.01. The van der Waals surface area contributed by atoms with Crippen LogP contribution < -0.4 is 9.47 Å². The highest BCUT2D eigenvalue weighted by molar-refractivity contribution is 5.82. The van der Waals surface area contributed by atoms with Crippen LogP contribution in [0, 0.1) is 0 Å². The Balaban J connectivity index is 1.87. The monoisotopic (exact) mass is 251 g/mol. The van der Waals surface area contributed by atoms with E-state index in [0.717, 1.165) is 28.0 Å². The minimum Gasteiger partial charge on any atom is -0.497 e. The standard InChI is InChI=1S/C16H13NO2/c1-18-14-4-6-15(7-5-14)19-16-3-2-12-8-9-17-11-13(12)10-16/h2-11H,1H3. The minimum absolute atomic E-state index is 0.782. The van der Waals surface area contributed by atoms with Gasteiger partial charge < -0.3 is 9.47 Å². The Morgan fingerprint density at radius 3 is 2.32 bits per heavy atom. The Morgan fingerprint density at radius 1 is 0.789 bits per heavy atom. The number of aromatic nitrogens is 1. The number of hydrogen-bond donors (Lipinski definition) is 0. The number of pyridine rings is 1. The molecule has 0 aliphatic heterocycles. The third kappa shape index (κ3) is 2.50. The van der Waals surface area contributed by atoms with Crippen molar-refractivity contribution in [2.75, 3.05) is 7.11 Å². The highest BCUT2D eigenvalue weighted by Gasteiger charge is 2.00. The molecule has 94 valence electrons. The SMILES string of the molecule is COc1ccc(Oc2ccc3ccncc3c2)cc1. The van der Waals surface area contributed by atoms with Gasteiger partial charge in [0.05, 0.1) is 7.11 Å². The summed E-state index contributed by atoms with van der Waals surface area (Å²) in [6, 6.07) is 15.4. The first kappa shape index (κ1) is 11.5. The minimum atomic E-state index is 0.782. The fourth-order valence-corrected chi connectivity index (χ4v) is 1.91. The van der Waals surface area contributed by atoms with Gasteiger partial charge in [0, 0.05) is 17.8 Å². The zero-order valence-electron chi connectivity index (χ0n) is 10.5. The van der Waals surface area contributed by atoms with Crippen LogP contribution in [0.3, 0.4) is 0 Å². The van der Waals surface area contributed by atoms with Gasteiger partial charge in [0.2, 0.25) is 0 Å². The van der Waals surface area contributed by atoms with E-state index in [4.69, 9.17) is 9.47 Å². The lowest BCUT2D eigenvalue weighted by Gasteiger charge is -2.07.